The summed E-state index contributed by atoms with van der Waals surface area (Å²) in [4.78, 5) is 16.1. The summed E-state index contributed by atoms with van der Waals surface area (Å²) in [5, 5.41) is 21.2. The zero-order chi connectivity index (χ0) is 18.4. The molecule has 7 nitrogen and oxygen atoms in total. The molecule has 1 unspecified atom stereocenters. The molecule has 1 aliphatic heterocycles. The Labute approximate surface area is 149 Å². The summed E-state index contributed by atoms with van der Waals surface area (Å²) >= 11 is 0. The number of carbonyl (C=O) groups is 1. The second-order valence-corrected chi connectivity index (χ2v) is 7.22. The third-order valence-corrected chi connectivity index (χ3v) is 3.92. The van der Waals surface area contributed by atoms with Crippen LogP contribution in [-0.4, -0.2) is 72.2 Å². The van der Waals surface area contributed by atoms with Crippen LogP contribution >= 0.6 is 0 Å². The molecule has 1 aromatic carbocycles. The van der Waals surface area contributed by atoms with Gasteiger partial charge in [0.05, 0.1) is 12.7 Å². The maximum absolute atomic E-state index is 12.1. The molecule has 7 heteroatoms. The van der Waals surface area contributed by atoms with Crippen LogP contribution in [0.5, 0.6) is 0 Å². The number of anilines is 2. The van der Waals surface area contributed by atoms with Gasteiger partial charge in [-0.05, 0) is 45.0 Å². The molecular formula is C18H29N3O4. The van der Waals surface area contributed by atoms with Crippen LogP contribution in [0.3, 0.4) is 0 Å². The number of aliphatic hydroxyl groups excluding tert-OH is 2. The van der Waals surface area contributed by atoms with E-state index in [1.54, 1.807) is 4.90 Å². The molecule has 0 saturated carbocycles. The largest absolute Gasteiger partial charge is 0.444 e. The van der Waals surface area contributed by atoms with Crippen LogP contribution < -0.4 is 10.2 Å². The van der Waals surface area contributed by atoms with Gasteiger partial charge in [0.25, 0.3) is 0 Å². The molecule has 0 bridgehead atoms. The Morgan fingerprint density at radius 2 is 1.80 bits per heavy atom. The van der Waals surface area contributed by atoms with Crippen molar-refractivity contribution in [2.24, 2.45) is 0 Å². The average Bonchev–Trinajstić information content (AvgIpc) is 2.59. The van der Waals surface area contributed by atoms with E-state index in [-0.39, 0.29) is 12.7 Å². The van der Waals surface area contributed by atoms with Crippen molar-refractivity contribution in [1.82, 2.24) is 4.90 Å². The Morgan fingerprint density at radius 1 is 1.20 bits per heavy atom. The van der Waals surface area contributed by atoms with Gasteiger partial charge in [0.2, 0.25) is 0 Å². The lowest BCUT2D eigenvalue weighted by Crippen LogP contribution is -2.50. The molecule has 140 valence electrons. The summed E-state index contributed by atoms with van der Waals surface area (Å²) < 4.78 is 5.41. The van der Waals surface area contributed by atoms with Gasteiger partial charge in [0.1, 0.15) is 5.60 Å². The fourth-order valence-corrected chi connectivity index (χ4v) is 2.56. The molecule has 1 amide bonds. The maximum atomic E-state index is 12.1. The second-order valence-electron chi connectivity index (χ2n) is 7.22. The average molecular weight is 351 g/mol. The molecule has 0 aromatic heterocycles. The number of hydrogen-bond donors (Lipinski definition) is 3. The summed E-state index contributed by atoms with van der Waals surface area (Å²) in [6.45, 7) is 8.46. The first-order valence-electron chi connectivity index (χ1n) is 8.64. The van der Waals surface area contributed by atoms with Gasteiger partial charge in [-0.3, -0.25) is 0 Å². The van der Waals surface area contributed by atoms with Crippen molar-refractivity contribution in [1.29, 1.82) is 0 Å². The second kappa shape index (κ2) is 8.40. The normalized spacial score (nSPS) is 16.5. The van der Waals surface area contributed by atoms with E-state index in [1.165, 1.54) is 0 Å². The minimum Gasteiger partial charge on any atom is -0.444 e. The van der Waals surface area contributed by atoms with Crippen LogP contribution in [0.4, 0.5) is 16.2 Å². The highest BCUT2D eigenvalue weighted by molar-refractivity contribution is 5.68. The van der Waals surface area contributed by atoms with Gasteiger partial charge in [-0.25, -0.2) is 4.79 Å². The number of aliphatic hydroxyl groups is 2. The summed E-state index contributed by atoms with van der Waals surface area (Å²) in [7, 11) is 0. The highest BCUT2D eigenvalue weighted by Gasteiger charge is 2.25. The minimum absolute atomic E-state index is 0.255. The molecule has 1 aromatic rings. The van der Waals surface area contributed by atoms with Crippen molar-refractivity contribution in [2.45, 2.75) is 32.5 Å². The molecule has 25 heavy (non-hydrogen) atoms. The summed E-state index contributed by atoms with van der Waals surface area (Å²) in [5.74, 6) is 0. The first kappa shape index (κ1) is 19.3. The van der Waals surface area contributed by atoms with Gasteiger partial charge >= 0.3 is 6.09 Å². The molecule has 1 aliphatic rings. The third-order valence-electron chi connectivity index (χ3n) is 3.92. The van der Waals surface area contributed by atoms with Crippen molar-refractivity contribution in [3.8, 4) is 0 Å². The number of benzene rings is 1. The predicted molar refractivity (Wildman–Crippen MR) is 98.0 cm³/mol. The number of nitrogens with zero attached hydrogens (tertiary/aromatic N) is 2. The molecule has 2 rings (SSSR count). The fourth-order valence-electron chi connectivity index (χ4n) is 2.56. The number of amides is 1. The molecule has 0 aliphatic carbocycles. The van der Waals surface area contributed by atoms with E-state index in [2.05, 4.69) is 10.2 Å². The van der Waals surface area contributed by atoms with Gasteiger partial charge in [-0.15, -0.1) is 0 Å². The van der Waals surface area contributed by atoms with Crippen LogP contribution in [0.1, 0.15) is 20.8 Å². The van der Waals surface area contributed by atoms with Gasteiger partial charge < -0.3 is 30.1 Å². The SMILES string of the molecule is CC(C)(C)OC(=O)N1CCN(c2ccc(NCC(O)CO)cc2)CC1. The van der Waals surface area contributed by atoms with Crippen molar-refractivity contribution in [2.75, 3.05) is 49.5 Å². The number of carbonyl (C=O) groups excluding carboxylic acids is 1. The van der Waals surface area contributed by atoms with Crippen LogP contribution in [-0.2, 0) is 4.74 Å². The van der Waals surface area contributed by atoms with Crippen LogP contribution in [0.25, 0.3) is 0 Å². The third kappa shape index (κ3) is 6.10. The van der Waals surface area contributed by atoms with Gasteiger partial charge in [-0.2, -0.15) is 0 Å². The monoisotopic (exact) mass is 351 g/mol. The van der Waals surface area contributed by atoms with E-state index < -0.39 is 11.7 Å². The minimum atomic E-state index is -0.763. The highest BCUT2D eigenvalue weighted by Crippen LogP contribution is 2.20. The Hall–Kier alpha value is -1.99. The summed E-state index contributed by atoms with van der Waals surface area (Å²) in [6.07, 6.45) is -1.02. The van der Waals surface area contributed by atoms with Crippen LogP contribution in [0.15, 0.2) is 24.3 Å². The molecule has 3 N–H and O–H groups in total. The summed E-state index contributed by atoms with van der Waals surface area (Å²) in [6, 6.07) is 7.91. The number of hydrogen-bond acceptors (Lipinski definition) is 6. The first-order chi connectivity index (χ1) is 11.8. The highest BCUT2D eigenvalue weighted by atomic mass is 16.6. The molecule has 1 fully saturated rings. The van der Waals surface area contributed by atoms with E-state index in [0.717, 1.165) is 24.5 Å². The maximum Gasteiger partial charge on any atom is 0.410 e. The van der Waals surface area contributed by atoms with Crippen molar-refractivity contribution in [3.05, 3.63) is 24.3 Å². The van der Waals surface area contributed by atoms with Gasteiger partial charge in [0, 0.05) is 44.1 Å². The molecular weight excluding hydrogens is 322 g/mol. The molecule has 0 radical (unpaired) electrons. The summed E-state index contributed by atoms with van der Waals surface area (Å²) in [5.41, 5.74) is 1.52. The molecule has 1 heterocycles. The van der Waals surface area contributed by atoms with Crippen molar-refractivity contribution >= 4 is 17.5 Å². The number of ether oxygens (including phenoxy) is 1. The van der Waals surface area contributed by atoms with E-state index in [0.29, 0.717) is 19.6 Å². The van der Waals surface area contributed by atoms with Gasteiger partial charge in [0.15, 0.2) is 0 Å². The van der Waals surface area contributed by atoms with Crippen molar-refractivity contribution < 1.29 is 19.7 Å². The van der Waals surface area contributed by atoms with Crippen LogP contribution in [0, 0.1) is 0 Å². The quantitative estimate of drug-likeness (QED) is 0.746. The Kier molecular flexibility index (Phi) is 6.50. The number of nitrogens with one attached hydrogen (secondary N) is 1. The van der Waals surface area contributed by atoms with E-state index in [1.807, 2.05) is 45.0 Å². The first-order valence-corrected chi connectivity index (χ1v) is 8.64. The van der Waals surface area contributed by atoms with E-state index in [4.69, 9.17) is 9.84 Å². The lowest BCUT2D eigenvalue weighted by atomic mass is 10.2. The van der Waals surface area contributed by atoms with Crippen molar-refractivity contribution in [3.63, 3.8) is 0 Å². The topological polar surface area (TPSA) is 85.3 Å². The zero-order valence-corrected chi connectivity index (χ0v) is 15.2. The van der Waals surface area contributed by atoms with Crippen LogP contribution in [0.2, 0.25) is 0 Å². The molecule has 1 saturated heterocycles. The smallest absolute Gasteiger partial charge is 0.410 e. The van der Waals surface area contributed by atoms with Gasteiger partial charge in [-0.1, -0.05) is 0 Å². The molecule has 0 spiro atoms. The lowest BCUT2D eigenvalue weighted by Gasteiger charge is -2.36. The Balaban J connectivity index is 1.83. The fraction of sp³-hybridized carbons (Fsp3) is 0.611. The zero-order valence-electron chi connectivity index (χ0n) is 15.2. The Bertz CT molecular complexity index is 548. The predicted octanol–water partition coefficient (Wildman–Crippen LogP) is 1.51. The number of rotatable bonds is 5. The number of piperazine rings is 1. The Morgan fingerprint density at radius 3 is 2.32 bits per heavy atom. The van der Waals surface area contributed by atoms with E-state index in [9.17, 15) is 9.90 Å². The standard InChI is InChI=1S/C18H29N3O4/c1-18(2,3)25-17(24)21-10-8-20(9-11-21)15-6-4-14(5-7-15)19-12-16(23)13-22/h4-7,16,19,22-23H,8-13H2,1-3H3. The van der Waals surface area contributed by atoms with E-state index >= 15 is 0 Å². The molecule has 1 atom stereocenters. The lowest BCUT2D eigenvalue weighted by molar-refractivity contribution is 0.0240.